The van der Waals surface area contributed by atoms with Gasteiger partial charge in [0.15, 0.2) is 0 Å². The molecule has 1 aromatic carbocycles. The van der Waals surface area contributed by atoms with E-state index in [0.717, 1.165) is 23.2 Å². The summed E-state index contributed by atoms with van der Waals surface area (Å²) in [7, 11) is 0. The molecule has 1 aromatic rings. The van der Waals surface area contributed by atoms with E-state index in [1.165, 1.54) is 25.8 Å². The molecule has 116 valence electrons. The molecular formula is C17H24BrFN2. The minimum atomic E-state index is -0.178. The van der Waals surface area contributed by atoms with Crippen LogP contribution in [0, 0.1) is 11.7 Å². The summed E-state index contributed by atoms with van der Waals surface area (Å²) in [5.74, 6) is 0.410. The Kier molecular flexibility index (Phi) is 4.55. The van der Waals surface area contributed by atoms with Crippen molar-refractivity contribution in [1.82, 2.24) is 4.90 Å². The van der Waals surface area contributed by atoms with E-state index >= 15 is 0 Å². The fourth-order valence-electron chi connectivity index (χ4n) is 3.77. The maximum absolute atomic E-state index is 13.4. The maximum Gasteiger partial charge on any atom is 0.124 e. The van der Waals surface area contributed by atoms with Gasteiger partial charge in [-0.2, -0.15) is 0 Å². The van der Waals surface area contributed by atoms with Crippen molar-refractivity contribution in [3.8, 4) is 0 Å². The van der Waals surface area contributed by atoms with Crippen LogP contribution < -0.4 is 4.90 Å². The van der Waals surface area contributed by atoms with E-state index < -0.39 is 0 Å². The molecule has 4 heteroatoms. The van der Waals surface area contributed by atoms with E-state index in [4.69, 9.17) is 0 Å². The van der Waals surface area contributed by atoms with Gasteiger partial charge in [-0.25, -0.2) is 4.39 Å². The SMILES string of the molecule is CC(C)C1CN2CCCCC2CN1c1ccc(F)cc1Br. The van der Waals surface area contributed by atoms with E-state index in [2.05, 4.69) is 39.6 Å². The van der Waals surface area contributed by atoms with E-state index in [-0.39, 0.29) is 5.82 Å². The lowest BCUT2D eigenvalue weighted by Gasteiger charge is -2.51. The van der Waals surface area contributed by atoms with Crippen molar-refractivity contribution in [2.45, 2.75) is 45.2 Å². The van der Waals surface area contributed by atoms with Crippen LogP contribution in [0.15, 0.2) is 22.7 Å². The second-order valence-corrected chi connectivity index (χ2v) is 7.56. The van der Waals surface area contributed by atoms with Gasteiger partial charge in [-0.05, 0) is 59.4 Å². The van der Waals surface area contributed by atoms with Gasteiger partial charge in [0.05, 0.1) is 5.69 Å². The molecule has 2 aliphatic rings. The first-order valence-electron chi connectivity index (χ1n) is 8.02. The summed E-state index contributed by atoms with van der Waals surface area (Å²) < 4.78 is 14.3. The maximum atomic E-state index is 13.4. The van der Waals surface area contributed by atoms with E-state index in [9.17, 15) is 4.39 Å². The average molecular weight is 355 g/mol. The molecular weight excluding hydrogens is 331 g/mol. The molecule has 2 nitrogen and oxygen atoms in total. The Bertz CT molecular complexity index is 506. The predicted molar refractivity (Wildman–Crippen MR) is 89.3 cm³/mol. The lowest BCUT2D eigenvalue weighted by molar-refractivity contribution is 0.100. The third-order valence-corrected chi connectivity index (χ3v) is 5.60. The highest BCUT2D eigenvalue weighted by Gasteiger charge is 2.36. The number of piperazine rings is 1. The van der Waals surface area contributed by atoms with Crippen LogP contribution in [0.25, 0.3) is 0 Å². The summed E-state index contributed by atoms with van der Waals surface area (Å²) in [6.07, 6.45) is 3.97. The third kappa shape index (κ3) is 3.11. The van der Waals surface area contributed by atoms with Crippen LogP contribution in [-0.4, -0.2) is 36.6 Å². The first-order valence-corrected chi connectivity index (χ1v) is 8.81. The van der Waals surface area contributed by atoms with Crippen LogP contribution >= 0.6 is 15.9 Å². The zero-order valence-electron chi connectivity index (χ0n) is 12.9. The van der Waals surface area contributed by atoms with Crippen molar-refractivity contribution in [2.75, 3.05) is 24.5 Å². The largest absolute Gasteiger partial charge is 0.365 e. The number of hydrogen-bond donors (Lipinski definition) is 0. The molecule has 2 unspecified atom stereocenters. The number of piperidine rings is 1. The molecule has 2 heterocycles. The molecule has 0 aliphatic carbocycles. The average Bonchev–Trinajstić information content (AvgIpc) is 2.46. The fraction of sp³-hybridized carbons (Fsp3) is 0.647. The molecule has 0 bridgehead atoms. The van der Waals surface area contributed by atoms with Gasteiger partial charge in [0.25, 0.3) is 0 Å². The number of hydrogen-bond acceptors (Lipinski definition) is 2. The molecule has 0 amide bonds. The summed E-state index contributed by atoms with van der Waals surface area (Å²) in [4.78, 5) is 5.17. The topological polar surface area (TPSA) is 6.48 Å². The second-order valence-electron chi connectivity index (χ2n) is 6.70. The molecule has 2 aliphatic heterocycles. The van der Waals surface area contributed by atoms with E-state index in [1.54, 1.807) is 12.1 Å². The fourth-order valence-corrected chi connectivity index (χ4v) is 4.35. The highest BCUT2D eigenvalue weighted by atomic mass is 79.9. The molecule has 3 rings (SSSR count). The van der Waals surface area contributed by atoms with Crippen LogP contribution in [0.4, 0.5) is 10.1 Å². The van der Waals surface area contributed by atoms with Crippen LogP contribution in [0.2, 0.25) is 0 Å². The zero-order chi connectivity index (χ0) is 15.0. The Hall–Kier alpha value is -0.610. The lowest BCUT2D eigenvalue weighted by Crippen LogP contribution is -2.61. The van der Waals surface area contributed by atoms with Gasteiger partial charge in [-0.15, -0.1) is 0 Å². The van der Waals surface area contributed by atoms with Gasteiger partial charge in [-0.1, -0.05) is 20.3 Å². The van der Waals surface area contributed by atoms with Gasteiger partial charge >= 0.3 is 0 Å². The smallest absolute Gasteiger partial charge is 0.124 e. The van der Waals surface area contributed by atoms with Gasteiger partial charge in [-0.3, -0.25) is 4.90 Å². The van der Waals surface area contributed by atoms with Crippen LogP contribution in [0.5, 0.6) is 0 Å². The molecule has 2 atom stereocenters. The summed E-state index contributed by atoms with van der Waals surface area (Å²) in [6.45, 7) is 8.02. The summed E-state index contributed by atoms with van der Waals surface area (Å²) >= 11 is 3.55. The Morgan fingerprint density at radius 2 is 2.05 bits per heavy atom. The predicted octanol–water partition coefficient (Wildman–Crippen LogP) is 4.29. The summed E-state index contributed by atoms with van der Waals surface area (Å²) in [5, 5.41) is 0. The lowest BCUT2D eigenvalue weighted by atomic mass is 9.91. The Balaban J connectivity index is 1.90. The van der Waals surface area contributed by atoms with Gasteiger partial charge < -0.3 is 4.90 Å². The van der Waals surface area contributed by atoms with E-state index in [1.807, 2.05) is 6.07 Å². The molecule has 0 saturated carbocycles. The Labute approximate surface area is 135 Å². The summed E-state index contributed by atoms with van der Waals surface area (Å²) in [5.41, 5.74) is 1.14. The quantitative estimate of drug-likeness (QED) is 0.781. The number of anilines is 1. The molecule has 2 fully saturated rings. The van der Waals surface area contributed by atoms with Gasteiger partial charge in [0.2, 0.25) is 0 Å². The minimum absolute atomic E-state index is 0.178. The molecule has 0 radical (unpaired) electrons. The molecule has 0 aromatic heterocycles. The van der Waals surface area contributed by atoms with Crippen molar-refractivity contribution >= 4 is 21.6 Å². The van der Waals surface area contributed by atoms with Crippen molar-refractivity contribution < 1.29 is 4.39 Å². The molecule has 21 heavy (non-hydrogen) atoms. The van der Waals surface area contributed by atoms with Gasteiger partial charge in [0.1, 0.15) is 5.82 Å². The second kappa shape index (κ2) is 6.25. The first kappa shape index (κ1) is 15.3. The number of nitrogens with zero attached hydrogens (tertiary/aromatic N) is 2. The van der Waals surface area contributed by atoms with Gasteiger partial charge in [0, 0.05) is 29.6 Å². The highest BCUT2D eigenvalue weighted by molar-refractivity contribution is 9.10. The minimum Gasteiger partial charge on any atom is -0.365 e. The number of fused-ring (bicyclic) bond motifs is 1. The number of benzene rings is 1. The number of halogens is 2. The van der Waals surface area contributed by atoms with Crippen LogP contribution in [0.1, 0.15) is 33.1 Å². The highest BCUT2D eigenvalue weighted by Crippen LogP contribution is 2.35. The van der Waals surface area contributed by atoms with Crippen LogP contribution in [0.3, 0.4) is 0 Å². The summed E-state index contributed by atoms with van der Waals surface area (Å²) in [6, 6.07) is 6.24. The Morgan fingerprint density at radius 1 is 1.24 bits per heavy atom. The molecule has 2 saturated heterocycles. The normalized spacial score (nSPS) is 27.0. The Morgan fingerprint density at radius 3 is 2.76 bits per heavy atom. The van der Waals surface area contributed by atoms with Crippen molar-refractivity contribution in [2.24, 2.45) is 5.92 Å². The first-order chi connectivity index (χ1) is 10.1. The third-order valence-electron chi connectivity index (χ3n) is 4.97. The van der Waals surface area contributed by atoms with Crippen molar-refractivity contribution in [3.63, 3.8) is 0 Å². The standard InChI is InChI=1S/C17H24BrFN2/c1-12(2)17-11-20-8-4-3-5-14(20)10-21(17)16-7-6-13(19)9-15(16)18/h6-7,9,12,14,17H,3-5,8,10-11H2,1-2H3. The van der Waals surface area contributed by atoms with Crippen molar-refractivity contribution in [3.05, 3.63) is 28.5 Å². The van der Waals surface area contributed by atoms with E-state index in [0.29, 0.717) is 18.0 Å². The van der Waals surface area contributed by atoms with Crippen molar-refractivity contribution in [1.29, 1.82) is 0 Å². The van der Waals surface area contributed by atoms with Crippen LogP contribution in [-0.2, 0) is 0 Å². The zero-order valence-corrected chi connectivity index (χ0v) is 14.4. The molecule has 0 spiro atoms. The monoisotopic (exact) mass is 354 g/mol. The number of rotatable bonds is 2. The molecule has 0 N–H and O–H groups in total.